The Morgan fingerprint density at radius 1 is 1.06 bits per heavy atom. The van der Waals surface area contributed by atoms with E-state index in [1.54, 1.807) is 30.6 Å². The SMILES string of the molecule is O=C(O)C(CCCCNC(=S)Nc1cccnc1)NS(=O)(=O)c1ccc2oc3ccccc3c2c1. The van der Waals surface area contributed by atoms with Gasteiger partial charge in [-0.3, -0.25) is 9.78 Å². The zero-order valence-corrected chi connectivity index (χ0v) is 20.2. The molecule has 0 spiro atoms. The van der Waals surface area contributed by atoms with E-state index in [1.807, 2.05) is 24.3 Å². The van der Waals surface area contributed by atoms with Gasteiger partial charge < -0.3 is 20.2 Å². The van der Waals surface area contributed by atoms with Crippen LogP contribution < -0.4 is 15.4 Å². The van der Waals surface area contributed by atoms with Gasteiger partial charge in [-0.1, -0.05) is 18.2 Å². The van der Waals surface area contributed by atoms with E-state index in [1.165, 1.54) is 12.1 Å². The molecule has 11 heteroatoms. The summed E-state index contributed by atoms with van der Waals surface area (Å²) in [4.78, 5) is 15.7. The van der Waals surface area contributed by atoms with E-state index >= 15 is 0 Å². The Morgan fingerprint density at radius 3 is 2.63 bits per heavy atom. The van der Waals surface area contributed by atoms with Crippen LogP contribution in [-0.4, -0.2) is 42.2 Å². The highest BCUT2D eigenvalue weighted by molar-refractivity contribution is 7.89. The number of sulfonamides is 1. The van der Waals surface area contributed by atoms with Crippen molar-refractivity contribution in [1.29, 1.82) is 0 Å². The first kappa shape index (κ1) is 24.6. The van der Waals surface area contributed by atoms with E-state index in [4.69, 9.17) is 16.6 Å². The lowest BCUT2D eigenvalue weighted by molar-refractivity contribution is -0.139. The predicted molar refractivity (Wildman–Crippen MR) is 138 cm³/mol. The normalized spacial score (nSPS) is 12.5. The van der Waals surface area contributed by atoms with Gasteiger partial charge in [0.1, 0.15) is 17.2 Å². The average Bonchev–Trinajstić information content (AvgIpc) is 3.21. The van der Waals surface area contributed by atoms with Crippen molar-refractivity contribution in [1.82, 2.24) is 15.0 Å². The molecule has 0 saturated carbocycles. The van der Waals surface area contributed by atoms with Crippen LogP contribution >= 0.6 is 12.2 Å². The number of unbranched alkanes of at least 4 members (excludes halogenated alkanes) is 1. The maximum absolute atomic E-state index is 13.0. The van der Waals surface area contributed by atoms with Crippen molar-refractivity contribution in [3.63, 3.8) is 0 Å². The quantitative estimate of drug-likeness (QED) is 0.185. The molecule has 4 aromatic rings. The first-order valence-corrected chi connectivity index (χ1v) is 12.8. The molecule has 2 aromatic heterocycles. The molecule has 2 heterocycles. The third-order valence-corrected chi connectivity index (χ3v) is 7.09. The lowest BCUT2D eigenvalue weighted by Crippen LogP contribution is -2.40. The van der Waals surface area contributed by atoms with Gasteiger partial charge in [-0.2, -0.15) is 4.72 Å². The van der Waals surface area contributed by atoms with Gasteiger partial charge in [0.25, 0.3) is 0 Å². The van der Waals surface area contributed by atoms with Gasteiger partial charge in [0, 0.05) is 23.5 Å². The number of thiocarbonyl (C=S) groups is 1. The fraction of sp³-hybridized carbons (Fsp3) is 0.208. The van der Waals surface area contributed by atoms with Crippen LogP contribution in [-0.2, 0) is 14.8 Å². The number of fused-ring (bicyclic) bond motifs is 3. The number of nitrogens with zero attached hydrogens (tertiary/aromatic N) is 1. The van der Waals surface area contributed by atoms with Gasteiger partial charge in [0.15, 0.2) is 5.11 Å². The summed E-state index contributed by atoms with van der Waals surface area (Å²) in [6, 6.07) is 14.2. The predicted octanol–water partition coefficient (Wildman–Crippen LogP) is 3.87. The molecule has 0 aliphatic rings. The van der Waals surface area contributed by atoms with Gasteiger partial charge in [-0.05, 0) is 67.9 Å². The van der Waals surface area contributed by atoms with Gasteiger partial charge in [-0.15, -0.1) is 0 Å². The van der Waals surface area contributed by atoms with Crippen molar-refractivity contribution in [2.45, 2.75) is 30.2 Å². The lowest BCUT2D eigenvalue weighted by atomic mass is 10.1. The molecule has 0 radical (unpaired) electrons. The van der Waals surface area contributed by atoms with E-state index in [0.29, 0.717) is 41.1 Å². The highest BCUT2D eigenvalue weighted by atomic mass is 32.2. The fourth-order valence-electron chi connectivity index (χ4n) is 3.65. The lowest BCUT2D eigenvalue weighted by Gasteiger charge is -2.15. The largest absolute Gasteiger partial charge is 0.480 e. The summed E-state index contributed by atoms with van der Waals surface area (Å²) in [5.74, 6) is -1.23. The van der Waals surface area contributed by atoms with Crippen LogP contribution in [0.3, 0.4) is 0 Å². The molecule has 1 atom stereocenters. The number of furan rings is 1. The summed E-state index contributed by atoms with van der Waals surface area (Å²) in [6.07, 6.45) is 4.52. The zero-order chi connectivity index (χ0) is 24.8. The molecule has 4 rings (SSSR count). The Hall–Kier alpha value is -3.54. The number of aliphatic carboxylic acids is 1. The number of nitrogens with one attached hydrogen (secondary N) is 3. The summed E-state index contributed by atoms with van der Waals surface area (Å²) in [6.45, 7) is 0.509. The molecule has 0 bridgehead atoms. The third-order valence-electron chi connectivity index (χ3n) is 5.38. The summed E-state index contributed by atoms with van der Waals surface area (Å²) in [7, 11) is -4.06. The summed E-state index contributed by atoms with van der Waals surface area (Å²) < 4.78 is 34.0. The third kappa shape index (κ3) is 6.13. The molecular weight excluding hydrogens is 488 g/mol. The minimum Gasteiger partial charge on any atom is -0.480 e. The number of carbonyl (C=O) groups is 1. The highest BCUT2D eigenvalue weighted by Crippen LogP contribution is 2.30. The number of pyridine rings is 1. The number of aromatic nitrogens is 1. The average molecular weight is 513 g/mol. The number of rotatable bonds is 10. The molecule has 182 valence electrons. The zero-order valence-electron chi connectivity index (χ0n) is 18.6. The molecule has 1 unspecified atom stereocenters. The molecule has 35 heavy (non-hydrogen) atoms. The van der Waals surface area contributed by atoms with Gasteiger partial charge in [-0.25, -0.2) is 8.42 Å². The van der Waals surface area contributed by atoms with Crippen molar-refractivity contribution in [3.8, 4) is 0 Å². The van der Waals surface area contributed by atoms with Crippen LogP contribution in [0.1, 0.15) is 19.3 Å². The molecular formula is C24H24N4O5S2. The first-order valence-electron chi connectivity index (χ1n) is 10.9. The van der Waals surface area contributed by atoms with E-state index in [9.17, 15) is 18.3 Å². The molecule has 0 aliphatic heterocycles. The number of para-hydroxylation sites is 1. The molecule has 2 aromatic carbocycles. The van der Waals surface area contributed by atoms with Gasteiger partial charge >= 0.3 is 5.97 Å². The number of carboxylic acids is 1. The van der Waals surface area contributed by atoms with Crippen molar-refractivity contribution in [2.24, 2.45) is 0 Å². The Morgan fingerprint density at radius 2 is 1.86 bits per heavy atom. The maximum atomic E-state index is 13.0. The number of hydrogen-bond acceptors (Lipinski definition) is 6. The standard InChI is InChI=1S/C24H24N4O5S2/c29-23(30)20(8-3-4-13-26-24(34)27-16-6-5-12-25-15-16)28-35(31,32)17-10-11-22-19(14-17)18-7-1-2-9-21(18)33-22/h1-2,5-7,9-12,14-15,20,28H,3-4,8,13H2,(H,29,30)(H2,26,27,34). The van der Waals surface area contributed by atoms with E-state index in [0.717, 1.165) is 11.1 Å². The molecule has 9 nitrogen and oxygen atoms in total. The number of hydrogen-bond donors (Lipinski definition) is 4. The van der Waals surface area contributed by atoms with E-state index < -0.39 is 22.0 Å². The van der Waals surface area contributed by atoms with E-state index in [-0.39, 0.29) is 11.3 Å². The monoisotopic (exact) mass is 512 g/mol. The Labute approximate surface area is 207 Å². The van der Waals surface area contributed by atoms with Gasteiger partial charge in [0.05, 0.1) is 16.8 Å². The van der Waals surface area contributed by atoms with E-state index in [2.05, 4.69) is 20.3 Å². The van der Waals surface area contributed by atoms with Crippen LogP contribution in [0, 0.1) is 0 Å². The Bertz CT molecular complexity index is 1450. The van der Waals surface area contributed by atoms with Crippen LogP contribution in [0.25, 0.3) is 21.9 Å². The van der Waals surface area contributed by atoms with Crippen LogP contribution in [0.15, 0.2) is 76.3 Å². The molecule has 4 N–H and O–H groups in total. The smallest absolute Gasteiger partial charge is 0.321 e. The number of benzene rings is 2. The minimum atomic E-state index is -4.06. The second kappa shape index (κ2) is 10.8. The number of carboxylic acid groups (broad SMARTS) is 1. The van der Waals surface area contributed by atoms with Crippen molar-refractivity contribution >= 4 is 60.9 Å². The Kier molecular flexibility index (Phi) is 7.59. The summed E-state index contributed by atoms with van der Waals surface area (Å²) in [5, 5.41) is 17.5. The number of anilines is 1. The second-order valence-electron chi connectivity index (χ2n) is 7.89. The molecule has 0 amide bonds. The minimum absolute atomic E-state index is 0.0173. The molecule has 0 saturated heterocycles. The molecule has 0 aliphatic carbocycles. The Balaban J connectivity index is 1.33. The van der Waals surface area contributed by atoms with Crippen molar-refractivity contribution in [3.05, 3.63) is 67.0 Å². The van der Waals surface area contributed by atoms with Crippen LogP contribution in [0.2, 0.25) is 0 Å². The van der Waals surface area contributed by atoms with Gasteiger partial charge in [0.2, 0.25) is 10.0 Å². The van der Waals surface area contributed by atoms with Crippen LogP contribution in [0.4, 0.5) is 5.69 Å². The second-order valence-corrected chi connectivity index (χ2v) is 10.0. The molecule has 0 fully saturated rings. The summed E-state index contributed by atoms with van der Waals surface area (Å²) in [5.41, 5.74) is 1.97. The maximum Gasteiger partial charge on any atom is 0.321 e. The van der Waals surface area contributed by atoms with Crippen LogP contribution in [0.5, 0.6) is 0 Å². The topological polar surface area (TPSA) is 134 Å². The first-order chi connectivity index (χ1) is 16.8. The fourth-order valence-corrected chi connectivity index (χ4v) is 5.12. The van der Waals surface area contributed by atoms with Crippen molar-refractivity contribution < 1.29 is 22.7 Å². The van der Waals surface area contributed by atoms with Crippen molar-refractivity contribution in [2.75, 3.05) is 11.9 Å². The highest BCUT2D eigenvalue weighted by Gasteiger charge is 2.25. The summed E-state index contributed by atoms with van der Waals surface area (Å²) >= 11 is 5.22.